The number of nitrogens with one attached hydrogen (secondary N) is 1. The van der Waals surface area contributed by atoms with Crippen LogP contribution in [0.1, 0.15) is 44.2 Å². The van der Waals surface area contributed by atoms with E-state index < -0.39 is 0 Å². The Morgan fingerprint density at radius 2 is 2.06 bits per heavy atom. The molecule has 0 aromatic carbocycles. The van der Waals surface area contributed by atoms with Crippen molar-refractivity contribution >= 4 is 0 Å². The molecular weight excluding hydrogens is 222 g/mol. The molecule has 0 spiro atoms. The van der Waals surface area contributed by atoms with E-state index >= 15 is 0 Å². The topological polar surface area (TPSA) is 28.2 Å². The number of piperidine rings is 1. The maximum Gasteiger partial charge on any atom is 0.0296 e. The predicted molar refractivity (Wildman–Crippen MR) is 73.4 cm³/mol. The van der Waals surface area contributed by atoms with E-state index in [4.69, 9.17) is 0 Å². The smallest absolute Gasteiger partial charge is 0.0296 e. The Labute approximate surface area is 110 Å². The van der Waals surface area contributed by atoms with Gasteiger partial charge in [0, 0.05) is 37.1 Å². The first kappa shape index (κ1) is 12.1. The van der Waals surface area contributed by atoms with Crippen LogP contribution in [0.5, 0.6) is 0 Å². The number of pyridine rings is 1. The fraction of sp³-hybridized carbons (Fsp3) is 0.667. The lowest BCUT2D eigenvalue weighted by molar-refractivity contribution is 0.177. The van der Waals surface area contributed by atoms with Crippen LogP contribution in [0.25, 0.3) is 0 Å². The molecule has 0 bridgehead atoms. The minimum absolute atomic E-state index is 0.430. The van der Waals surface area contributed by atoms with Crippen molar-refractivity contribution in [2.45, 2.75) is 50.7 Å². The minimum atomic E-state index is 0.430. The number of hydrogen-bond acceptors (Lipinski definition) is 3. The molecule has 2 saturated heterocycles. The Morgan fingerprint density at radius 3 is 2.89 bits per heavy atom. The van der Waals surface area contributed by atoms with Crippen molar-refractivity contribution in [3.05, 3.63) is 30.1 Å². The van der Waals surface area contributed by atoms with Crippen LogP contribution in [0.3, 0.4) is 0 Å². The van der Waals surface area contributed by atoms with E-state index in [-0.39, 0.29) is 0 Å². The highest BCUT2D eigenvalue weighted by Crippen LogP contribution is 2.28. The van der Waals surface area contributed by atoms with E-state index in [0.29, 0.717) is 12.1 Å². The molecule has 3 rings (SSSR count). The number of rotatable bonds is 3. The van der Waals surface area contributed by atoms with Crippen molar-refractivity contribution in [1.29, 1.82) is 0 Å². The highest BCUT2D eigenvalue weighted by Gasteiger charge is 2.35. The number of fused-ring (bicyclic) bond motifs is 1. The van der Waals surface area contributed by atoms with Gasteiger partial charge >= 0.3 is 0 Å². The van der Waals surface area contributed by atoms with E-state index in [1.54, 1.807) is 0 Å². The summed E-state index contributed by atoms with van der Waals surface area (Å²) in [5, 5.41) is 3.82. The van der Waals surface area contributed by atoms with Gasteiger partial charge < -0.3 is 5.32 Å². The van der Waals surface area contributed by atoms with Gasteiger partial charge in [-0.25, -0.2) is 0 Å². The zero-order valence-electron chi connectivity index (χ0n) is 11.2. The number of hydrogen-bond donors (Lipinski definition) is 1. The summed E-state index contributed by atoms with van der Waals surface area (Å²) in [6.07, 6.45) is 9.25. The molecule has 2 aliphatic rings. The van der Waals surface area contributed by atoms with E-state index in [2.05, 4.69) is 34.3 Å². The third-order valence-corrected chi connectivity index (χ3v) is 4.53. The second-order valence-corrected chi connectivity index (χ2v) is 5.66. The van der Waals surface area contributed by atoms with Gasteiger partial charge in [0.05, 0.1) is 0 Å². The van der Waals surface area contributed by atoms with Crippen LogP contribution >= 0.6 is 0 Å². The molecule has 0 radical (unpaired) electrons. The number of nitrogens with zero attached hydrogens (tertiary/aromatic N) is 2. The second kappa shape index (κ2) is 5.37. The van der Waals surface area contributed by atoms with Gasteiger partial charge in [0.25, 0.3) is 0 Å². The second-order valence-electron chi connectivity index (χ2n) is 5.66. The zero-order chi connectivity index (χ0) is 12.4. The molecule has 0 aliphatic carbocycles. The summed E-state index contributed by atoms with van der Waals surface area (Å²) < 4.78 is 0. The standard InChI is InChI=1S/C15H23N3/c1-12(13-5-8-16-9-6-13)17-14-7-11-18-10-3-2-4-15(14)18/h5-6,8-9,12,14-15,17H,2-4,7,10-11H2,1H3/t12-,14?,15?/m0/s1. The summed E-state index contributed by atoms with van der Waals surface area (Å²) in [5.41, 5.74) is 1.35. The van der Waals surface area contributed by atoms with Crippen molar-refractivity contribution in [2.75, 3.05) is 13.1 Å². The SMILES string of the molecule is C[C@H](NC1CCN2CCCCC12)c1ccncc1. The van der Waals surface area contributed by atoms with Crippen molar-refractivity contribution in [3.63, 3.8) is 0 Å². The van der Waals surface area contributed by atoms with E-state index in [1.807, 2.05) is 12.4 Å². The maximum atomic E-state index is 4.09. The maximum absolute atomic E-state index is 4.09. The van der Waals surface area contributed by atoms with Gasteiger partial charge in [0.2, 0.25) is 0 Å². The molecule has 1 aromatic heterocycles. The normalized spacial score (nSPS) is 30.1. The average molecular weight is 245 g/mol. The van der Waals surface area contributed by atoms with Crippen molar-refractivity contribution < 1.29 is 0 Å². The molecule has 2 fully saturated rings. The first-order valence-electron chi connectivity index (χ1n) is 7.24. The van der Waals surface area contributed by atoms with E-state index in [0.717, 1.165) is 6.04 Å². The Bertz CT molecular complexity index is 379. The quantitative estimate of drug-likeness (QED) is 0.886. The molecule has 3 heterocycles. The molecule has 98 valence electrons. The molecule has 0 amide bonds. The third kappa shape index (κ3) is 2.43. The summed E-state index contributed by atoms with van der Waals surface area (Å²) >= 11 is 0. The van der Waals surface area contributed by atoms with Gasteiger partial charge in [-0.2, -0.15) is 0 Å². The predicted octanol–water partition coefficient (Wildman–Crippen LogP) is 2.36. The fourth-order valence-corrected chi connectivity index (χ4v) is 3.51. The summed E-state index contributed by atoms with van der Waals surface area (Å²) in [6, 6.07) is 6.12. The molecule has 2 aliphatic heterocycles. The van der Waals surface area contributed by atoms with Gasteiger partial charge in [-0.3, -0.25) is 9.88 Å². The molecule has 3 nitrogen and oxygen atoms in total. The number of aromatic nitrogens is 1. The van der Waals surface area contributed by atoms with Crippen LogP contribution in [-0.2, 0) is 0 Å². The lowest BCUT2D eigenvalue weighted by Gasteiger charge is -2.33. The van der Waals surface area contributed by atoms with Crippen molar-refractivity contribution in [1.82, 2.24) is 15.2 Å². The molecule has 0 saturated carbocycles. The molecule has 1 aromatic rings. The monoisotopic (exact) mass is 245 g/mol. The van der Waals surface area contributed by atoms with Crippen LogP contribution in [0, 0.1) is 0 Å². The lowest BCUT2D eigenvalue weighted by Crippen LogP contribution is -2.45. The Balaban J connectivity index is 1.63. The molecule has 2 unspecified atom stereocenters. The fourth-order valence-electron chi connectivity index (χ4n) is 3.51. The summed E-state index contributed by atoms with van der Waals surface area (Å²) in [6.45, 7) is 4.86. The third-order valence-electron chi connectivity index (χ3n) is 4.53. The van der Waals surface area contributed by atoms with Gasteiger partial charge in [-0.05, 0) is 50.4 Å². The highest BCUT2D eigenvalue weighted by molar-refractivity contribution is 5.14. The first-order chi connectivity index (χ1) is 8.84. The molecule has 18 heavy (non-hydrogen) atoms. The van der Waals surface area contributed by atoms with Crippen LogP contribution in [-0.4, -0.2) is 35.1 Å². The molecule has 1 N–H and O–H groups in total. The zero-order valence-corrected chi connectivity index (χ0v) is 11.2. The first-order valence-corrected chi connectivity index (χ1v) is 7.24. The summed E-state index contributed by atoms with van der Waals surface area (Å²) in [4.78, 5) is 6.77. The largest absolute Gasteiger partial charge is 0.306 e. The van der Waals surface area contributed by atoms with Crippen LogP contribution in [0.15, 0.2) is 24.5 Å². The van der Waals surface area contributed by atoms with E-state index in [1.165, 1.54) is 44.3 Å². The Morgan fingerprint density at radius 1 is 1.22 bits per heavy atom. The summed E-state index contributed by atoms with van der Waals surface area (Å²) in [5.74, 6) is 0. The minimum Gasteiger partial charge on any atom is -0.306 e. The molecular formula is C15H23N3. The van der Waals surface area contributed by atoms with Crippen molar-refractivity contribution in [3.8, 4) is 0 Å². The average Bonchev–Trinajstić information content (AvgIpc) is 2.83. The lowest BCUT2D eigenvalue weighted by atomic mass is 9.98. The van der Waals surface area contributed by atoms with Crippen molar-refractivity contribution in [2.24, 2.45) is 0 Å². The van der Waals surface area contributed by atoms with Gasteiger partial charge in [0.1, 0.15) is 0 Å². The summed E-state index contributed by atoms with van der Waals surface area (Å²) in [7, 11) is 0. The van der Waals surface area contributed by atoms with Crippen LogP contribution < -0.4 is 5.32 Å². The van der Waals surface area contributed by atoms with Gasteiger partial charge in [0.15, 0.2) is 0 Å². The van der Waals surface area contributed by atoms with Gasteiger partial charge in [-0.1, -0.05) is 6.42 Å². The highest BCUT2D eigenvalue weighted by atomic mass is 15.2. The Kier molecular flexibility index (Phi) is 3.62. The van der Waals surface area contributed by atoms with E-state index in [9.17, 15) is 0 Å². The Hall–Kier alpha value is -0.930. The molecule has 3 atom stereocenters. The van der Waals surface area contributed by atoms with Gasteiger partial charge in [-0.15, -0.1) is 0 Å². The van der Waals surface area contributed by atoms with Crippen LogP contribution in [0.4, 0.5) is 0 Å². The van der Waals surface area contributed by atoms with Crippen LogP contribution in [0.2, 0.25) is 0 Å². The molecule has 3 heteroatoms.